The van der Waals surface area contributed by atoms with E-state index in [0.717, 1.165) is 0 Å². The maximum Gasteiger partial charge on any atom is 0.259 e. The van der Waals surface area contributed by atoms with Crippen molar-refractivity contribution in [2.75, 3.05) is 10.6 Å². The van der Waals surface area contributed by atoms with Gasteiger partial charge in [-0.25, -0.2) is 4.98 Å². The summed E-state index contributed by atoms with van der Waals surface area (Å²) < 4.78 is 0.491. The number of thiazole rings is 1. The summed E-state index contributed by atoms with van der Waals surface area (Å²) in [7, 11) is 0. The van der Waals surface area contributed by atoms with Gasteiger partial charge >= 0.3 is 0 Å². The molecule has 2 N–H and O–H groups in total. The summed E-state index contributed by atoms with van der Waals surface area (Å²) in [5, 5.41) is 5.64. The second-order valence-electron chi connectivity index (χ2n) is 3.65. The van der Waals surface area contributed by atoms with Gasteiger partial charge in [0.1, 0.15) is 4.34 Å². The standard InChI is InChI=1S/C12H10ClN3O2S/c1-7(17)15-9-5-3-2-4-8(9)11(18)16-12-14-6-10(13)19-12/h2-6H,1H3,(H,15,17)(H,14,16,18). The summed E-state index contributed by atoms with van der Waals surface area (Å²) in [6.07, 6.45) is 1.46. The largest absolute Gasteiger partial charge is 0.326 e. The van der Waals surface area contributed by atoms with Crippen LogP contribution in [0.15, 0.2) is 30.5 Å². The number of carbonyl (C=O) groups is 2. The van der Waals surface area contributed by atoms with Crippen molar-refractivity contribution in [3.8, 4) is 0 Å². The molecule has 5 nitrogen and oxygen atoms in total. The quantitative estimate of drug-likeness (QED) is 0.914. The molecule has 0 unspecified atom stereocenters. The third-order valence-corrected chi connectivity index (χ3v) is 3.21. The molecule has 0 aliphatic carbocycles. The number of nitrogens with zero attached hydrogens (tertiary/aromatic N) is 1. The second-order valence-corrected chi connectivity index (χ2v) is 5.31. The highest BCUT2D eigenvalue weighted by Crippen LogP contribution is 2.24. The molecular formula is C12H10ClN3O2S. The minimum atomic E-state index is -0.352. The van der Waals surface area contributed by atoms with Gasteiger partial charge in [0.15, 0.2) is 5.13 Å². The van der Waals surface area contributed by atoms with E-state index in [1.807, 2.05) is 0 Å². The molecular weight excluding hydrogens is 286 g/mol. The molecule has 0 saturated carbocycles. The number of halogens is 1. The minimum Gasteiger partial charge on any atom is -0.326 e. The Bertz CT molecular complexity index is 627. The summed E-state index contributed by atoms with van der Waals surface area (Å²) in [5.74, 6) is -0.590. The molecule has 0 aliphatic rings. The van der Waals surface area contributed by atoms with E-state index in [2.05, 4.69) is 15.6 Å². The van der Waals surface area contributed by atoms with Crippen LogP contribution in [0.4, 0.5) is 10.8 Å². The van der Waals surface area contributed by atoms with E-state index in [-0.39, 0.29) is 11.8 Å². The highest BCUT2D eigenvalue weighted by molar-refractivity contribution is 7.19. The van der Waals surface area contributed by atoms with Crippen LogP contribution in [0, 0.1) is 0 Å². The Morgan fingerprint density at radius 3 is 2.63 bits per heavy atom. The minimum absolute atomic E-state index is 0.238. The van der Waals surface area contributed by atoms with E-state index in [4.69, 9.17) is 11.6 Å². The second kappa shape index (κ2) is 5.81. The fourth-order valence-electron chi connectivity index (χ4n) is 1.46. The van der Waals surface area contributed by atoms with Crippen molar-refractivity contribution in [1.29, 1.82) is 0 Å². The highest BCUT2D eigenvalue weighted by atomic mass is 35.5. The van der Waals surface area contributed by atoms with Crippen molar-refractivity contribution >= 4 is 45.6 Å². The average molecular weight is 296 g/mol. The number of hydrogen-bond acceptors (Lipinski definition) is 4. The number of aromatic nitrogens is 1. The topological polar surface area (TPSA) is 71.1 Å². The lowest BCUT2D eigenvalue weighted by Gasteiger charge is -2.08. The van der Waals surface area contributed by atoms with E-state index in [0.29, 0.717) is 20.7 Å². The van der Waals surface area contributed by atoms with Crippen LogP contribution in [0.2, 0.25) is 4.34 Å². The van der Waals surface area contributed by atoms with Crippen molar-refractivity contribution in [3.63, 3.8) is 0 Å². The molecule has 1 aromatic heterocycles. The van der Waals surface area contributed by atoms with Crippen LogP contribution in [-0.4, -0.2) is 16.8 Å². The highest BCUT2D eigenvalue weighted by Gasteiger charge is 2.13. The predicted molar refractivity (Wildman–Crippen MR) is 75.8 cm³/mol. The van der Waals surface area contributed by atoms with Crippen molar-refractivity contribution in [2.45, 2.75) is 6.92 Å². The van der Waals surface area contributed by atoms with Crippen molar-refractivity contribution in [2.24, 2.45) is 0 Å². The van der Waals surface area contributed by atoms with E-state index in [9.17, 15) is 9.59 Å². The van der Waals surface area contributed by atoms with Gasteiger partial charge in [0, 0.05) is 6.92 Å². The molecule has 0 saturated heterocycles. The smallest absolute Gasteiger partial charge is 0.259 e. The molecule has 7 heteroatoms. The fraction of sp³-hybridized carbons (Fsp3) is 0.0833. The normalized spacial score (nSPS) is 10.0. The Kier molecular flexibility index (Phi) is 4.13. The van der Waals surface area contributed by atoms with Crippen LogP contribution in [0.3, 0.4) is 0 Å². The van der Waals surface area contributed by atoms with Gasteiger partial charge in [0.2, 0.25) is 5.91 Å². The van der Waals surface area contributed by atoms with Crippen molar-refractivity contribution in [1.82, 2.24) is 4.98 Å². The molecule has 1 heterocycles. The molecule has 2 aromatic rings. The van der Waals surface area contributed by atoms with Gasteiger partial charge in [-0.1, -0.05) is 35.1 Å². The van der Waals surface area contributed by atoms with Crippen LogP contribution >= 0.6 is 22.9 Å². The Morgan fingerprint density at radius 2 is 2.00 bits per heavy atom. The summed E-state index contributed by atoms with van der Waals surface area (Å²) in [6.45, 7) is 1.38. The van der Waals surface area contributed by atoms with Crippen molar-refractivity contribution < 1.29 is 9.59 Å². The molecule has 19 heavy (non-hydrogen) atoms. The first-order valence-electron chi connectivity index (χ1n) is 5.35. The maximum atomic E-state index is 12.1. The first kappa shape index (κ1) is 13.5. The SMILES string of the molecule is CC(=O)Nc1ccccc1C(=O)Nc1ncc(Cl)s1. The fourth-order valence-corrected chi connectivity index (χ4v) is 2.26. The molecule has 98 valence electrons. The number of hydrogen-bond donors (Lipinski definition) is 2. The summed E-state index contributed by atoms with van der Waals surface area (Å²) in [4.78, 5) is 27.1. The summed E-state index contributed by atoms with van der Waals surface area (Å²) in [5.41, 5.74) is 0.819. The van der Waals surface area contributed by atoms with Gasteiger partial charge in [-0.2, -0.15) is 0 Å². The lowest BCUT2D eigenvalue weighted by atomic mass is 10.1. The Balaban J connectivity index is 2.21. The molecule has 0 aliphatic heterocycles. The van der Waals surface area contributed by atoms with Crippen LogP contribution in [-0.2, 0) is 4.79 Å². The third-order valence-electron chi connectivity index (χ3n) is 2.18. The molecule has 0 radical (unpaired) electrons. The molecule has 2 rings (SSSR count). The maximum absolute atomic E-state index is 12.1. The number of amides is 2. The van der Waals surface area contributed by atoms with Crippen LogP contribution in [0.25, 0.3) is 0 Å². The Hall–Kier alpha value is -1.92. The average Bonchev–Trinajstić information content (AvgIpc) is 2.74. The monoisotopic (exact) mass is 295 g/mol. The van der Waals surface area contributed by atoms with E-state index >= 15 is 0 Å². The van der Waals surface area contributed by atoms with Gasteiger partial charge in [-0.3, -0.25) is 14.9 Å². The van der Waals surface area contributed by atoms with Gasteiger partial charge < -0.3 is 5.32 Å². The first-order valence-corrected chi connectivity index (χ1v) is 6.55. The van der Waals surface area contributed by atoms with Gasteiger partial charge in [0.05, 0.1) is 17.4 Å². The number of carbonyl (C=O) groups excluding carboxylic acids is 2. The molecule has 2 amide bonds. The lowest BCUT2D eigenvalue weighted by molar-refractivity contribution is -0.114. The molecule has 0 fully saturated rings. The van der Waals surface area contributed by atoms with E-state index < -0.39 is 0 Å². The number of para-hydroxylation sites is 1. The number of anilines is 2. The van der Waals surface area contributed by atoms with Crippen LogP contribution in [0.5, 0.6) is 0 Å². The summed E-state index contributed by atoms with van der Waals surface area (Å²) in [6, 6.07) is 6.73. The molecule has 1 aromatic carbocycles. The zero-order valence-corrected chi connectivity index (χ0v) is 11.5. The van der Waals surface area contributed by atoms with Gasteiger partial charge in [0.25, 0.3) is 5.91 Å². The lowest BCUT2D eigenvalue weighted by Crippen LogP contribution is -2.16. The number of nitrogens with one attached hydrogen (secondary N) is 2. The summed E-state index contributed by atoms with van der Waals surface area (Å²) >= 11 is 6.90. The first-order chi connectivity index (χ1) is 9.06. The van der Waals surface area contributed by atoms with Crippen LogP contribution < -0.4 is 10.6 Å². The number of benzene rings is 1. The predicted octanol–water partition coefficient (Wildman–Crippen LogP) is 3.01. The van der Waals surface area contributed by atoms with E-state index in [1.165, 1.54) is 24.5 Å². The van der Waals surface area contributed by atoms with Gasteiger partial charge in [-0.15, -0.1) is 0 Å². The van der Waals surface area contributed by atoms with Crippen LogP contribution in [0.1, 0.15) is 17.3 Å². The van der Waals surface area contributed by atoms with Crippen molar-refractivity contribution in [3.05, 3.63) is 40.4 Å². The van der Waals surface area contributed by atoms with E-state index in [1.54, 1.807) is 24.3 Å². The molecule has 0 spiro atoms. The zero-order valence-electron chi connectivity index (χ0n) is 9.94. The third kappa shape index (κ3) is 3.52. The zero-order chi connectivity index (χ0) is 13.8. The number of rotatable bonds is 3. The molecule has 0 atom stereocenters. The van der Waals surface area contributed by atoms with Gasteiger partial charge in [-0.05, 0) is 12.1 Å². The Morgan fingerprint density at radius 1 is 1.26 bits per heavy atom. The molecule has 0 bridgehead atoms. The Labute approximate surface area is 118 Å².